The van der Waals surface area contributed by atoms with Gasteiger partial charge in [-0.05, 0) is 19.4 Å². The Morgan fingerprint density at radius 1 is 1.78 bits per heavy atom. The van der Waals surface area contributed by atoms with Crippen LogP contribution in [0.15, 0.2) is 24.0 Å². The Bertz CT molecular complexity index is 168. The Kier molecular flexibility index (Phi) is 1.54. The van der Waals surface area contributed by atoms with E-state index in [-0.39, 0.29) is 5.76 Å². The zero-order valence-electron chi connectivity index (χ0n) is 5.26. The van der Waals surface area contributed by atoms with Crippen molar-refractivity contribution in [2.24, 2.45) is 0 Å². The molecule has 1 N–H and O–H groups in total. The quantitative estimate of drug-likeness (QED) is 0.518. The molecule has 1 aliphatic rings. The molecule has 0 saturated heterocycles. The van der Waals surface area contributed by atoms with Crippen molar-refractivity contribution in [2.75, 3.05) is 0 Å². The van der Waals surface area contributed by atoms with E-state index in [0.717, 1.165) is 0 Å². The lowest BCUT2D eigenvalue weighted by molar-refractivity contribution is 0.353. The van der Waals surface area contributed by atoms with Gasteiger partial charge in [0.15, 0.2) is 0 Å². The first-order chi connectivity index (χ1) is 4.13. The van der Waals surface area contributed by atoms with E-state index in [1.165, 1.54) is 0 Å². The van der Waals surface area contributed by atoms with Gasteiger partial charge in [-0.2, -0.15) is 0 Å². The molecule has 1 rings (SSSR count). The van der Waals surface area contributed by atoms with E-state index in [1.807, 2.05) is 6.08 Å². The van der Waals surface area contributed by atoms with Gasteiger partial charge < -0.3 is 5.11 Å². The molecular formula is C7H9ClO. The van der Waals surface area contributed by atoms with Crippen LogP contribution in [-0.4, -0.2) is 9.98 Å². The number of hydrogen-bond donors (Lipinski definition) is 1. The lowest BCUT2D eigenvalue weighted by atomic mass is 10.0. The van der Waals surface area contributed by atoms with Gasteiger partial charge in [0, 0.05) is 0 Å². The Hall–Kier alpha value is -0.430. The average Bonchev–Trinajstić information content (AvgIpc) is 1.77. The van der Waals surface area contributed by atoms with Crippen LogP contribution in [0.5, 0.6) is 0 Å². The van der Waals surface area contributed by atoms with Crippen LogP contribution in [0.25, 0.3) is 0 Å². The smallest absolute Gasteiger partial charge is 0.113 e. The fourth-order valence-corrected chi connectivity index (χ4v) is 0.879. The van der Waals surface area contributed by atoms with Gasteiger partial charge in [-0.1, -0.05) is 12.2 Å². The maximum Gasteiger partial charge on any atom is 0.113 e. The second-order valence-corrected chi connectivity index (χ2v) is 3.22. The maximum atomic E-state index is 9.11. The second-order valence-electron chi connectivity index (χ2n) is 2.38. The maximum absolute atomic E-state index is 9.11. The molecule has 0 saturated carbocycles. The van der Waals surface area contributed by atoms with Crippen LogP contribution < -0.4 is 0 Å². The van der Waals surface area contributed by atoms with Crippen molar-refractivity contribution in [2.45, 2.75) is 18.2 Å². The van der Waals surface area contributed by atoms with Crippen LogP contribution in [0.4, 0.5) is 0 Å². The Balaban J connectivity index is 2.83. The number of allylic oxidation sites excluding steroid dienone is 4. The van der Waals surface area contributed by atoms with Crippen molar-refractivity contribution in [1.29, 1.82) is 0 Å². The molecule has 0 aromatic heterocycles. The predicted molar refractivity (Wildman–Crippen MR) is 38.7 cm³/mol. The van der Waals surface area contributed by atoms with Crippen molar-refractivity contribution in [3.63, 3.8) is 0 Å². The first-order valence-corrected chi connectivity index (χ1v) is 3.26. The summed E-state index contributed by atoms with van der Waals surface area (Å²) in [6.45, 7) is 1.80. The number of alkyl halides is 1. The summed E-state index contributed by atoms with van der Waals surface area (Å²) >= 11 is 5.85. The van der Waals surface area contributed by atoms with Crippen molar-refractivity contribution in [3.8, 4) is 0 Å². The van der Waals surface area contributed by atoms with Crippen molar-refractivity contribution in [1.82, 2.24) is 0 Å². The van der Waals surface area contributed by atoms with Crippen LogP contribution in [0.3, 0.4) is 0 Å². The van der Waals surface area contributed by atoms with Gasteiger partial charge in [-0.15, -0.1) is 11.6 Å². The van der Waals surface area contributed by atoms with E-state index < -0.39 is 4.87 Å². The Labute approximate surface area is 59.6 Å². The largest absolute Gasteiger partial charge is 0.510 e. The highest BCUT2D eigenvalue weighted by molar-refractivity contribution is 6.25. The van der Waals surface area contributed by atoms with Gasteiger partial charge in [-0.3, -0.25) is 0 Å². The summed E-state index contributed by atoms with van der Waals surface area (Å²) in [7, 11) is 0. The van der Waals surface area contributed by atoms with E-state index in [9.17, 15) is 0 Å². The second kappa shape index (κ2) is 2.07. The van der Waals surface area contributed by atoms with E-state index in [2.05, 4.69) is 0 Å². The van der Waals surface area contributed by atoms with Gasteiger partial charge in [0.25, 0.3) is 0 Å². The van der Waals surface area contributed by atoms with E-state index in [1.54, 1.807) is 19.1 Å². The standard InChI is InChI=1S/C7H9ClO/c1-7(8)5-3-2-4-6(7)9/h2-4,9H,5H2,1H3. The minimum Gasteiger partial charge on any atom is -0.510 e. The Morgan fingerprint density at radius 2 is 2.44 bits per heavy atom. The van der Waals surface area contributed by atoms with Gasteiger partial charge in [0.1, 0.15) is 10.6 Å². The summed E-state index contributed by atoms with van der Waals surface area (Å²) in [6.07, 6.45) is 6.07. The first kappa shape index (κ1) is 6.69. The molecule has 0 amide bonds. The van der Waals surface area contributed by atoms with Gasteiger partial charge in [0.2, 0.25) is 0 Å². The van der Waals surface area contributed by atoms with Crippen molar-refractivity contribution >= 4 is 11.6 Å². The molecule has 0 spiro atoms. The highest BCUT2D eigenvalue weighted by atomic mass is 35.5. The van der Waals surface area contributed by atoms with Crippen LogP contribution in [0.2, 0.25) is 0 Å². The molecule has 0 aliphatic heterocycles. The van der Waals surface area contributed by atoms with Crippen LogP contribution >= 0.6 is 11.6 Å². The summed E-state index contributed by atoms with van der Waals surface area (Å²) in [6, 6.07) is 0. The third kappa shape index (κ3) is 1.28. The molecule has 0 aromatic rings. The summed E-state index contributed by atoms with van der Waals surface area (Å²) in [5.74, 6) is 0.256. The van der Waals surface area contributed by atoms with Crippen molar-refractivity contribution < 1.29 is 5.11 Å². The van der Waals surface area contributed by atoms with Gasteiger partial charge in [0.05, 0.1) is 0 Å². The zero-order valence-corrected chi connectivity index (χ0v) is 6.02. The fourth-order valence-electron chi connectivity index (χ4n) is 0.727. The van der Waals surface area contributed by atoms with Crippen LogP contribution in [0, 0.1) is 0 Å². The minimum atomic E-state index is -0.561. The summed E-state index contributed by atoms with van der Waals surface area (Å²) < 4.78 is 0. The predicted octanol–water partition coefficient (Wildman–Crippen LogP) is 2.39. The van der Waals surface area contributed by atoms with E-state index in [4.69, 9.17) is 16.7 Å². The SMILES string of the molecule is CC1(Cl)CC=CC=C1O. The van der Waals surface area contributed by atoms with E-state index in [0.29, 0.717) is 6.42 Å². The van der Waals surface area contributed by atoms with Gasteiger partial charge in [-0.25, -0.2) is 0 Å². The monoisotopic (exact) mass is 144 g/mol. The van der Waals surface area contributed by atoms with Crippen molar-refractivity contribution in [3.05, 3.63) is 24.0 Å². The number of halogens is 1. The summed E-state index contributed by atoms with van der Waals surface area (Å²) in [5, 5.41) is 9.11. The molecule has 0 radical (unpaired) electrons. The lowest BCUT2D eigenvalue weighted by Gasteiger charge is -2.21. The normalized spacial score (nSPS) is 34.2. The highest BCUT2D eigenvalue weighted by Crippen LogP contribution is 2.29. The third-order valence-corrected chi connectivity index (χ3v) is 1.77. The average molecular weight is 145 g/mol. The van der Waals surface area contributed by atoms with Crippen LogP contribution in [-0.2, 0) is 0 Å². The topological polar surface area (TPSA) is 20.2 Å². The van der Waals surface area contributed by atoms with E-state index >= 15 is 0 Å². The zero-order chi connectivity index (χ0) is 6.91. The molecule has 1 unspecified atom stereocenters. The molecule has 50 valence electrons. The molecule has 1 aliphatic carbocycles. The number of aliphatic hydroxyl groups excluding tert-OH is 1. The van der Waals surface area contributed by atoms with Gasteiger partial charge >= 0.3 is 0 Å². The molecule has 2 heteroatoms. The molecule has 0 heterocycles. The molecule has 0 fully saturated rings. The lowest BCUT2D eigenvalue weighted by Crippen LogP contribution is -2.19. The summed E-state index contributed by atoms with van der Waals surface area (Å²) in [4.78, 5) is -0.561. The third-order valence-electron chi connectivity index (χ3n) is 1.43. The molecular weight excluding hydrogens is 136 g/mol. The number of aliphatic hydroxyl groups is 1. The molecule has 0 bridgehead atoms. The minimum absolute atomic E-state index is 0.256. The summed E-state index contributed by atoms with van der Waals surface area (Å²) in [5.41, 5.74) is 0. The fraction of sp³-hybridized carbons (Fsp3) is 0.429. The van der Waals surface area contributed by atoms with Crippen LogP contribution in [0.1, 0.15) is 13.3 Å². The molecule has 0 aromatic carbocycles. The number of rotatable bonds is 0. The Morgan fingerprint density at radius 3 is 2.78 bits per heavy atom. The molecule has 1 nitrogen and oxygen atoms in total. The first-order valence-electron chi connectivity index (χ1n) is 2.88. The highest BCUT2D eigenvalue weighted by Gasteiger charge is 2.25. The molecule has 9 heavy (non-hydrogen) atoms. The number of hydrogen-bond acceptors (Lipinski definition) is 1. The molecule has 1 atom stereocenters.